The third kappa shape index (κ3) is 1.67. The van der Waals surface area contributed by atoms with E-state index in [0.29, 0.717) is 0 Å². The van der Waals surface area contributed by atoms with E-state index in [4.69, 9.17) is 0 Å². The molecule has 0 aliphatic rings. The van der Waals surface area contributed by atoms with Crippen LogP contribution in [-0.2, 0) is 0 Å². The molecule has 0 spiro atoms. The summed E-state index contributed by atoms with van der Waals surface area (Å²) < 4.78 is 0. The molecule has 1 aromatic heterocycles. The third-order valence-electron chi connectivity index (χ3n) is 1.17. The summed E-state index contributed by atoms with van der Waals surface area (Å²) in [5.41, 5.74) is 3.50. The maximum absolute atomic E-state index is 4.35. The van der Waals surface area contributed by atoms with Gasteiger partial charge in [0.2, 0.25) is 0 Å². The number of nitrogens with zero attached hydrogens (tertiary/aromatic N) is 1. The number of hydrogen-bond donors (Lipinski definition) is 0. The molecule has 0 amide bonds. The Kier molecular flexibility index (Phi) is 2.22. The van der Waals surface area contributed by atoms with E-state index in [1.165, 1.54) is 5.56 Å². The van der Waals surface area contributed by atoms with E-state index in [-0.39, 0.29) is 0 Å². The van der Waals surface area contributed by atoms with Gasteiger partial charge in [0.1, 0.15) is 0 Å². The van der Waals surface area contributed by atoms with Crippen LogP contribution in [0.25, 0.3) is 0 Å². The summed E-state index contributed by atoms with van der Waals surface area (Å²) in [6.07, 6.45) is 0. The van der Waals surface area contributed by atoms with Gasteiger partial charge >= 0.3 is 0 Å². The molecule has 0 fully saturated rings. The molecular weight excluding hydrogens is 142 g/mol. The lowest BCUT2D eigenvalue weighted by atomic mass is 10.3. The van der Waals surface area contributed by atoms with Crippen molar-refractivity contribution in [1.29, 1.82) is 0 Å². The van der Waals surface area contributed by atoms with Crippen LogP contribution in [0.5, 0.6) is 0 Å². The molecule has 0 aliphatic heterocycles. The molecule has 1 nitrogen and oxygen atoms in total. The first-order chi connectivity index (χ1) is 4.70. The summed E-state index contributed by atoms with van der Waals surface area (Å²) in [5, 5.41) is 4.18. The van der Waals surface area contributed by atoms with Crippen molar-refractivity contribution in [3.63, 3.8) is 0 Å². The minimum Gasteiger partial charge on any atom is -0.257 e. The molecule has 54 valence electrons. The molecule has 0 bridgehead atoms. The van der Waals surface area contributed by atoms with Crippen LogP contribution in [0.4, 0.5) is 5.69 Å². The molecule has 0 unspecified atom stereocenters. The van der Waals surface area contributed by atoms with Gasteiger partial charge in [0.05, 0.1) is 5.69 Å². The van der Waals surface area contributed by atoms with Gasteiger partial charge in [-0.15, -0.1) is 11.3 Å². The van der Waals surface area contributed by atoms with E-state index in [9.17, 15) is 0 Å². The maximum atomic E-state index is 4.35. The summed E-state index contributed by atoms with van der Waals surface area (Å²) in [5.74, 6) is 0. The fourth-order valence-corrected chi connectivity index (χ4v) is 1.47. The normalized spacial score (nSPS) is 9.50. The van der Waals surface area contributed by atoms with Crippen molar-refractivity contribution in [3.8, 4) is 0 Å². The van der Waals surface area contributed by atoms with Gasteiger partial charge in [-0.05, 0) is 31.7 Å². The van der Waals surface area contributed by atoms with E-state index >= 15 is 0 Å². The number of thiophene rings is 1. The Morgan fingerprint density at radius 3 is 2.50 bits per heavy atom. The molecule has 1 rings (SSSR count). The minimum absolute atomic E-state index is 1.11. The molecule has 10 heavy (non-hydrogen) atoms. The van der Waals surface area contributed by atoms with Gasteiger partial charge in [-0.2, -0.15) is 0 Å². The Labute approximate surface area is 65.4 Å². The largest absolute Gasteiger partial charge is 0.257 e. The number of hydrogen-bond acceptors (Lipinski definition) is 2. The lowest BCUT2D eigenvalue weighted by Gasteiger charge is -1.90. The third-order valence-corrected chi connectivity index (χ3v) is 2.02. The Morgan fingerprint density at radius 2 is 2.10 bits per heavy atom. The maximum Gasteiger partial charge on any atom is 0.0764 e. The Balaban J connectivity index is 2.95. The number of rotatable bonds is 1. The molecule has 0 N–H and O–H groups in total. The monoisotopic (exact) mass is 153 g/mol. The second kappa shape index (κ2) is 2.97. The van der Waals surface area contributed by atoms with Crippen molar-refractivity contribution >= 4 is 22.7 Å². The Bertz CT molecular complexity index is 244. The van der Waals surface area contributed by atoms with Gasteiger partial charge in [-0.25, -0.2) is 0 Å². The topological polar surface area (TPSA) is 12.4 Å². The molecule has 1 aromatic rings. The van der Waals surface area contributed by atoms with Crippen LogP contribution in [0.15, 0.2) is 15.8 Å². The van der Waals surface area contributed by atoms with E-state index < -0.39 is 0 Å². The second-order valence-corrected chi connectivity index (χ2v) is 3.24. The fraction of sp³-hybridized carbons (Fsp3) is 0.375. The van der Waals surface area contributed by atoms with Crippen LogP contribution < -0.4 is 0 Å². The highest BCUT2D eigenvalue weighted by Gasteiger charge is 1.94. The summed E-state index contributed by atoms with van der Waals surface area (Å²) in [4.78, 5) is 4.35. The van der Waals surface area contributed by atoms with Gasteiger partial charge in [-0.1, -0.05) is 0 Å². The second-order valence-electron chi connectivity index (χ2n) is 2.50. The van der Waals surface area contributed by atoms with Gasteiger partial charge in [-0.3, -0.25) is 4.99 Å². The van der Waals surface area contributed by atoms with Gasteiger partial charge in [0.25, 0.3) is 0 Å². The highest BCUT2D eigenvalue weighted by molar-refractivity contribution is 7.08. The first-order valence-electron chi connectivity index (χ1n) is 3.25. The predicted molar refractivity (Wildman–Crippen MR) is 47.5 cm³/mol. The van der Waals surface area contributed by atoms with Crippen LogP contribution in [0.1, 0.15) is 19.4 Å². The van der Waals surface area contributed by atoms with Crippen molar-refractivity contribution in [2.24, 2.45) is 4.99 Å². The van der Waals surface area contributed by atoms with Gasteiger partial charge < -0.3 is 0 Å². The predicted octanol–water partition coefficient (Wildman–Crippen LogP) is 3.17. The molecule has 0 atom stereocenters. The van der Waals surface area contributed by atoms with E-state index in [1.54, 1.807) is 11.3 Å². The molecule has 0 aromatic carbocycles. The zero-order valence-electron chi connectivity index (χ0n) is 6.51. The van der Waals surface area contributed by atoms with Crippen molar-refractivity contribution in [2.75, 3.05) is 0 Å². The average molecular weight is 153 g/mol. The molecular formula is C8H11NS. The van der Waals surface area contributed by atoms with Crippen molar-refractivity contribution in [3.05, 3.63) is 16.3 Å². The molecule has 2 heteroatoms. The first kappa shape index (κ1) is 7.48. The van der Waals surface area contributed by atoms with Crippen LogP contribution in [0.3, 0.4) is 0 Å². The van der Waals surface area contributed by atoms with Gasteiger partial charge in [0, 0.05) is 11.1 Å². The molecule has 0 saturated heterocycles. The lowest BCUT2D eigenvalue weighted by molar-refractivity contribution is 1.43. The zero-order valence-corrected chi connectivity index (χ0v) is 7.33. The molecule has 0 aliphatic carbocycles. The quantitative estimate of drug-likeness (QED) is 0.549. The van der Waals surface area contributed by atoms with E-state index in [1.807, 2.05) is 13.8 Å². The summed E-state index contributed by atoms with van der Waals surface area (Å²) in [7, 11) is 0. The molecule has 0 saturated carbocycles. The Morgan fingerprint density at radius 1 is 1.40 bits per heavy atom. The Hall–Kier alpha value is -0.630. The summed E-state index contributed by atoms with van der Waals surface area (Å²) in [6, 6.07) is 0. The van der Waals surface area contributed by atoms with Crippen molar-refractivity contribution < 1.29 is 0 Å². The number of aryl methyl sites for hydroxylation is 1. The van der Waals surface area contributed by atoms with Crippen molar-refractivity contribution in [1.82, 2.24) is 0 Å². The van der Waals surface area contributed by atoms with Crippen LogP contribution in [0, 0.1) is 6.92 Å². The highest BCUT2D eigenvalue weighted by atomic mass is 32.1. The highest BCUT2D eigenvalue weighted by Crippen LogP contribution is 2.22. The van der Waals surface area contributed by atoms with E-state index in [2.05, 4.69) is 22.7 Å². The van der Waals surface area contributed by atoms with Crippen LogP contribution >= 0.6 is 11.3 Å². The van der Waals surface area contributed by atoms with E-state index in [0.717, 1.165) is 11.4 Å². The lowest BCUT2D eigenvalue weighted by Crippen LogP contribution is -1.77. The summed E-state index contributed by atoms with van der Waals surface area (Å²) in [6.45, 7) is 6.10. The average Bonchev–Trinajstić information content (AvgIpc) is 2.15. The van der Waals surface area contributed by atoms with Crippen LogP contribution in [0.2, 0.25) is 0 Å². The SMILES string of the molecule is CC(C)=Nc1cscc1C. The van der Waals surface area contributed by atoms with Gasteiger partial charge in [0.15, 0.2) is 0 Å². The molecule has 0 radical (unpaired) electrons. The van der Waals surface area contributed by atoms with Crippen LogP contribution in [-0.4, -0.2) is 5.71 Å². The first-order valence-corrected chi connectivity index (χ1v) is 4.19. The fourth-order valence-electron chi connectivity index (χ4n) is 0.709. The number of aliphatic imine (C=N–C) groups is 1. The smallest absolute Gasteiger partial charge is 0.0764 e. The summed E-state index contributed by atoms with van der Waals surface area (Å²) >= 11 is 1.70. The standard InChI is InChI=1S/C8H11NS/c1-6(2)9-8-5-10-4-7(8)3/h4-5H,1-3H3. The minimum atomic E-state index is 1.11. The zero-order chi connectivity index (χ0) is 7.56. The molecule has 1 heterocycles. The van der Waals surface area contributed by atoms with Crippen molar-refractivity contribution in [2.45, 2.75) is 20.8 Å².